The van der Waals surface area contributed by atoms with Gasteiger partial charge in [0, 0.05) is 11.2 Å². The lowest BCUT2D eigenvalue weighted by Gasteiger charge is -2.06. The zero-order valence-corrected chi connectivity index (χ0v) is 17.9. The van der Waals surface area contributed by atoms with Gasteiger partial charge in [-0.1, -0.05) is 53.0 Å². The second-order valence-electron chi connectivity index (χ2n) is 5.75. The molecule has 0 saturated carbocycles. The van der Waals surface area contributed by atoms with Crippen molar-refractivity contribution in [3.63, 3.8) is 0 Å². The van der Waals surface area contributed by atoms with Crippen LogP contribution in [-0.4, -0.2) is 23.4 Å². The number of nitrogens with zero attached hydrogens (tertiary/aromatic N) is 1. The minimum atomic E-state index is -0.0689. The van der Waals surface area contributed by atoms with Crippen LogP contribution in [0.2, 0.25) is 10.0 Å². The van der Waals surface area contributed by atoms with Gasteiger partial charge in [0.1, 0.15) is 6.61 Å². The van der Waals surface area contributed by atoms with E-state index >= 15 is 0 Å². The van der Waals surface area contributed by atoms with Gasteiger partial charge in [-0.2, -0.15) is 5.10 Å². The molecular weight excluding hydrogens is 439 g/mol. The molecule has 0 saturated heterocycles. The number of hydrogen-bond donors (Lipinski definition) is 1. The average Bonchev–Trinajstić information content (AvgIpc) is 2.61. The van der Waals surface area contributed by atoms with Crippen LogP contribution in [0.25, 0.3) is 0 Å². The van der Waals surface area contributed by atoms with Crippen molar-refractivity contribution in [3.05, 3.63) is 52.7 Å². The lowest BCUT2D eigenvalue weighted by atomic mass is 10.1. The number of rotatable bonds is 11. The molecule has 142 valence electrons. The third-order valence-electron chi connectivity index (χ3n) is 3.19. The molecule has 4 nitrogen and oxygen atoms in total. The van der Waals surface area contributed by atoms with E-state index < -0.39 is 0 Å². The third kappa shape index (κ3) is 9.41. The van der Waals surface area contributed by atoms with Crippen LogP contribution in [0.4, 0.5) is 5.69 Å². The number of unbranched alkanes of at least 4 members (excludes halogenated alkanes) is 1. The van der Waals surface area contributed by atoms with Crippen LogP contribution >= 0.6 is 39.1 Å². The van der Waals surface area contributed by atoms with Crippen molar-refractivity contribution in [2.45, 2.75) is 26.7 Å². The van der Waals surface area contributed by atoms with Crippen LogP contribution in [-0.2, 0) is 9.53 Å². The number of anilines is 1. The Morgan fingerprint density at radius 2 is 2.08 bits per heavy atom. The number of halogens is 3. The second kappa shape index (κ2) is 13.0. The number of nitrogens with one attached hydrogen (secondary N) is 1. The summed E-state index contributed by atoms with van der Waals surface area (Å²) in [5.74, 6) is -0.0410. The predicted molar refractivity (Wildman–Crippen MR) is 115 cm³/mol. The molecule has 0 aliphatic heterocycles. The van der Waals surface area contributed by atoms with Gasteiger partial charge in [-0.05, 0) is 49.3 Å². The fourth-order valence-electron chi connectivity index (χ4n) is 1.66. The van der Waals surface area contributed by atoms with Gasteiger partial charge in [-0.15, -0.1) is 0 Å². The van der Waals surface area contributed by atoms with E-state index in [0.29, 0.717) is 21.4 Å². The van der Waals surface area contributed by atoms with Gasteiger partial charge in [-0.3, -0.25) is 10.2 Å². The Morgan fingerprint density at radius 3 is 2.73 bits per heavy atom. The lowest BCUT2D eigenvalue weighted by molar-refractivity contribution is -0.117. The molecule has 1 aromatic rings. The van der Waals surface area contributed by atoms with Crippen LogP contribution in [0.1, 0.15) is 26.7 Å². The van der Waals surface area contributed by atoms with Gasteiger partial charge in [-0.25, -0.2) is 0 Å². The minimum Gasteiger partial charge on any atom is -0.495 e. The maximum absolute atomic E-state index is 11.8. The van der Waals surface area contributed by atoms with Gasteiger partial charge in [0.2, 0.25) is 0 Å². The molecule has 1 aromatic carbocycles. The molecule has 0 amide bonds. The molecule has 0 unspecified atom stereocenters. The summed E-state index contributed by atoms with van der Waals surface area (Å²) >= 11 is 15.3. The molecule has 1 N–H and O–H groups in total. The van der Waals surface area contributed by atoms with E-state index in [1.54, 1.807) is 30.5 Å². The molecular formula is C19H23BrCl2N2O2. The Hall–Kier alpha value is -1.30. The molecule has 0 heterocycles. The predicted octanol–water partition coefficient (Wildman–Crippen LogP) is 6.25. The number of hydrogen-bond acceptors (Lipinski definition) is 4. The number of ketones is 1. The summed E-state index contributed by atoms with van der Waals surface area (Å²) in [5, 5.41) is 6.15. The van der Waals surface area contributed by atoms with Crippen molar-refractivity contribution in [2.75, 3.05) is 17.4 Å². The summed E-state index contributed by atoms with van der Waals surface area (Å²) in [5.41, 5.74) is 4.17. The van der Waals surface area contributed by atoms with Crippen molar-refractivity contribution in [1.29, 1.82) is 0 Å². The fourth-order valence-corrected chi connectivity index (χ4v) is 2.28. The SMILES string of the molecule is CC(C)C(=O)/C=C\C(CO/C=C/CCCBr)=N/Nc1ccc(Cl)c(Cl)c1. The first-order chi connectivity index (χ1) is 12.4. The number of allylic oxidation sites excluding steroid dienone is 2. The van der Waals surface area contributed by atoms with E-state index in [1.807, 2.05) is 19.9 Å². The first-order valence-corrected chi connectivity index (χ1v) is 10.1. The molecule has 1 rings (SSSR count). The largest absolute Gasteiger partial charge is 0.495 e. The van der Waals surface area contributed by atoms with Crippen molar-refractivity contribution in [2.24, 2.45) is 11.0 Å². The summed E-state index contributed by atoms with van der Waals surface area (Å²) in [6, 6.07) is 5.12. The van der Waals surface area contributed by atoms with Crippen molar-refractivity contribution < 1.29 is 9.53 Å². The summed E-state index contributed by atoms with van der Waals surface area (Å²) in [4.78, 5) is 11.8. The Labute approximate surface area is 173 Å². The third-order valence-corrected chi connectivity index (χ3v) is 4.49. The van der Waals surface area contributed by atoms with Gasteiger partial charge < -0.3 is 4.74 Å². The van der Waals surface area contributed by atoms with Crippen molar-refractivity contribution in [3.8, 4) is 0 Å². The topological polar surface area (TPSA) is 50.7 Å². The highest BCUT2D eigenvalue weighted by atomic mass is 79.9. The molecule has 0 spiro atoms. The number of benzene rings is 1. The van der Waals surface area contributed by atoms with Crippen LogP contribution in [0.5, 0.6) is 0 Å². The number of carbonyl (C=O) groups excluding carboxylic acids is 1. The normalized spacial score (nSPS) is 12.3. The number of hydrazone groups is 1. The standard InChI is InChI=1S/C19H23BrCl2N2O2/c1-14(2)19(25)9-7-16(13-26-11-5-3-4-10-20)24-23-15-6-8-17(21)18(22)12-15/h5-9,11-12,14,23H,3-4,10,13H2,1-2H3/b9-7-,11-5+,24-16+. The van der Waals surface area contributed by atoms with Crippen molar-refractivity contribution >= 4 is 56.3 Å². The van der Waals surface area contributed by atoms with E-state index in [9.17, 15) is 4.79 Å². The minimum absolute atomic E-state index is 0.0279. The first kappa shape index (κ1) is 22.7. The van der Waals surface area contributed by atoms with Crippen LogP contribution in [0.15, 0.2) is 47.8 Å². The molecule has 0 bridgehead atoms. The summed E-state index contributed by atoms with van der Waals surface area (Å²) in [7, 11) is 0. The first-order valence-electron chi connectivity index (χ1n) is 8.26. The highest BCUT2D eigenvalue weighted by Gasteiger charge is 2.04. The Morgan fingerprint density at radius 1 is 1.31 bits per heavy atom. The van der Waals surface area contributed by atoms with Crippen LogP contribution in [0, 0.1) is 5.92 Å². The van der Waals surface area contributed by atoms with Crippen LogP contribution in [0.3, 0.4) is 0 Å². The van der Waals surface area contributed by atoms with E-state index in [0.717, 1.165) is 18.2 Å². The Balaban J connectivity index is 2.76. The zero-order chi connectivity index (χ0) is 19.4. The summed E-state index contributed by atoms with van der Waals surface area (Å²) < 4.78 is 5.49. The number of alkyl halides is 1. The van der Waals surface area contributed by atoms with E-state index in [1.165, 1.54) is 6.08 Å². The van der Waals surface area contributed by atoms with E-state index in [2.05, 4.69) is 26.5 Å². The highest BCUT2D eigenvalue weighted by molar-refractivity contribution is 9.09. The highest BCUT2D eigenvalue weighted by Crippen LogP contribution is 2.24. The Bertz CT molecular complexity index is 674. The van der Waals surface area contributed by atoms with Crippen molar-refractivity contribution in [1.82, 2.24) is 0 Å². The van der Waals surface area contributed by atoms with Gasteiger partial charge in [0.15, 0.2) is 5.78 Å². The monoisotopic (exact) mass is 460 g/mol. The molecule has 26 heavy (non-hydrogen) atoms. The lowest BCUT2D eigenvalue weighted by Crippen LogP contribution is -2.09. The van der Waals surface area contributed by atoms with Gasteiger partial charge >= 0.3 is 0 Å². The molecule has 0 aliphatic rings. The molecule has 7 heteroatoms. The zero-order valence-electron chi connectivity index (χ0n) is 14.8. The molecule has 0 aromatic heterocycles. The van der Waals surface area contributed by atoms with Gasteiger partial charge in [0.05, 0.1) is 27.7 Å². The maximum atomic E-state index is 11.8. The number of ether oxygens (including phenoxy) is 1. The Kier molecular flexibility index (Phi) is 11.3. The molecule has 0 radical (unpaired) electrons. The summed E-state index contributed by atoms with van der Waals surface area (Å²) in [6.07, 6.45) is 8.74. The second-order valence-corrected chi connectivity index (χ2v) is 7.36. The molecule has 0 fully saturated rings. The maximum Gasteiger partial charge on any atom is 0.158 e. The summed E-state index contributed by atoms with van der Waals surface area (Å²) in [6.45, 7) is 3.93. The average molecular weight is 462 g/mol. The number of carbonyl (C=O) groups is 1. The molecule has 0 atom stereocenters. The smallest absolute Gasteiger partial charge is 0.158 e. The van der Waals surface area contributed by atoms with E-state index in [-0.39, 0.29) is 18.3 Å². The molecule has 0 aliphatic carbocycles. The van der Waals surface area contributed by atoms with Crippen LogP contribution < -0.4 is 5.43 Å². The quantitative estimate of drug-likeness (QED) is 0.106. The van der Waals surface area contributed by atoms with Gasteiger partial charge in [0.25, 0.3) is 0 Å². The van der Waals surface area contributed by atoms with E-state index in [4.69, 9.17) is 27.9 Å². The fraction of sp³-hybridized carbons (Fsp3) is 0.368.